The van der Waals surface area contributed by atoms with Gasteiger partial charge in [-0.2, -0.15) is 0 Å². The van der Waals surface area contributed by atoms with Crippen LogP contribution in [0.25, 0.3) is 0 Å². The Kier molecular flexibility index (Phi) is 4.44. The number of likely N-dealkylation sites (tertiary alicyclic amines) is 1. The summed E-state index contributed by atoms with van der Waals surface area (Å²) in [7, 11) is 0. The first kappa shape index (κ1) is 17.1. The number of hydrogen-bond acceptors (Lipinski definition) is 4. The van der Waals surface area contributed by atoms with Gasteiger partial charge >= 0.3 is 6.09 Å². The van der Waals surface area contributed by atoms with Gasteiger partial charge in [0.2, 0.25) is 5.91 Å². The van der Waals surface area contributed by atoms with E-state index in [2.05, 4.69) is 5.32 Å². The maximum atomic E-state index is 12.1. The van der Waals surface area contributed by atoms with Crippen molar-refractivity contribution in [2.75, 3.05) is 26.2 Å². The van der Waals surface area contributed by atoms with E-state index in [1.165, 1.54) is 6.92 Å². The smallest absolute Gasteiger partial charge is 0.410 e. The molecule has 2 aliphatic rings. The van der Waals surface area contributed by atoms with Crippen LogP contribution in [0.15, 0.2) is 0 Å². The van der Waals surface area contributed by atoms with Gasteiger partial charge in [0.05, 0.1) is 6.61 Å². The standard InChI is InChI=1S/C16H28N2O4/c1-12(20)17-10-16(11-19)9-15(16)5-7-18(8-6-15)13(21)22-14(2,3)4/h19H,5-11H2,1-4H3,(H,17,20). The Balaban J connectivity index is 1.90. The van der Waals surface area contributed by atoms with E-state index in [0.29, 0.717) is 19.6 Å². The SMILES string of the molecule is CC(=O)NCC1(CO)CC12CCN(C(=O)OC(C)(C)C)CC2. The highest BCUT2D eigenvalue weighted by Gasteiger charge is 2.66. The molecule has 0 bridgehead atoms. The average Bonchev–Trinajstić information content (AvgIpc) is 3.03. The topological polar surface area (TPSA) is 78.9 Å². The van der Waals surface area contributed by atoms with Crippen LogP contribution in [-0.4, -0.2) is 53.8 Å². The predicted octanol–water partition coefficient (Wildman–Crippen LogP) is 1.52. The van der Waals surface area contributed by atoms with Crippen LogP contribution < -0.4 is 5.32 Å². The largest absolute Gasteiger partial charge is 0.444 e. The number of nitrogens with one attached hydrogen (secondary N) is 1. The summed E-state index contributed by atoms with van der Waals surface area (Å²) in [6.07, 6.45) is 2.36. The van der Waals surface area contributed by atoms with Gasteiger partial charge in [-0.25, -0.2) is 4.79 Å². The molecule has 6 heteroatoms. The summed E-state index contributed by atoms with van der Waals surface area (Å²) < 4.78 is 5.40. The molecular weight excluding hydrogens is 284 g/mol. The predicted molar refractivity (Wildman–Crippen MR) is 82.3 cm³/mol. The summed E-state index contributed by atoms with van der Waals surface area (Å²) in [5.41, 5.74) is -0.631. The number of carbonyl (C=O) groups excluding carboxylic acids is 2. The second kappa shape index (κ2) is 5.72. The molecule has 0 radical (unpaired) electrons. The number of aliphatic hydroxyl groups excluding tert-OH is 1. The second-order valence-electron chi connectivity index (χ2n) is 7.77. The summed E-state index contributed by atoms with van der Waals surface area (Å²) in [4.78, 5) is 25.0. The monoisotopic (exact) mass is 312 g/mol. The Morgan fingerprint density at radius 3 is 2.32 bits per heavy atom. The Morgan fingerprint density at radius 2 is 1.86 bits per heavy atom. The summed E-state index contributed by atoms with van der Waals surface area (Å²) >= 11 is 0. The molecule has 1 unspecified atom stereocenters. The van der Waals surface area contributed by atoms with Crippen LogP contribution in [0.3, 0.4) is 0 Å². The zero-order valence-corrected chi connectivity index (χ0v) is 14.1. The number of nitrogens with zero attached hydrogens (tertiary/aromatic N) is 1. The molecule has 1 saturated heterocycles. The number of hydrogen-bond donors (Lipinski definition) is 2. The minimum absolute atomic E-state index is 0.0582. The zero-order chi connectivity index (χ0) is 16.6. The number of ether oxygens (including phenoxy) is 1. The molecule has 1 saturated carbocycles. The van der Waals surface area contributed by atoms with Gasteiger partial charge in [0.1, 0.15) is 5.60 Å². The van der Waals surface area contributed by atoms with E-state index in [0.717, 1.165) is 19.3 Å². The Morgan fingerprint density at radius 1 is 1.27 bits per heavy atom. The van der Waals surface area contributed by atoms with E-state index in [1.807, 2.05) is 20.8 Å². The Bertz CT molecular complexity index is 450. The number of aliphatic hydroxyl groups is 1. The van der Waals surface area contributed by atoms with Crippen molar-refractivity contribution >= 4 is 12.0 Å². The maximum absolute atomic E-state index is 12.1. The average molecular weight is 312 g/mol. The third kappa shape index (κ3) is 3.37. The first-order valence-corrected chi connectivity index (χ1v) is 7.96. The molecule has 2 N–H and O–H groups in total. The molecule has 0 aromatic rings. The summed E-state index contributed by atoms with van der Waals surface area (Å²) in [6, 6.07) is 0. The lowest BCUT2D eigenvalue weighted by Crippen LogP contribution is -2.44. The molecule has 2 rings (SSSR count). The van der Waals surface area contributed by atoms with E-state index < -0.39 is 5.60 Å². The van der Waals surface area contributed by atoms with Crippen molar-refractivity contribution in [3.8, 4) is 0 Å². The van der Waals surface area contributed by atoms with E-state index in [9.17, 15) is 14.7 Å². The van der Waals surface area contributed by atoms with Gasteiger partial charge in [-0.1, -0.05) is 0 Å². The minimum Gasteiger partial charge on any atom is -0.444 e. The van der Waals surface area contributed by atoms with Crippen LogP contribution in [0, 0.1) is 10.8 Å². The molecule has 2 fully saturated rings. The van der Waals surface area contributed by atoms with Gasteiger partial charge < -0.3 is 20.1 Å². The Hall–Kier alpha value is -1.30. The molecule has 0 aromatic carbocycles. The first-order chi connectivity index (χ1) is 10.1. The molecule has 1 atom stereocenters. The highest BCUT2D eigenvalue weighted by Crippen LogP contribution is 2.68. The summed E-state index contributed by atoms with van der Waals surface area (Å²) in [5, 5.41) is 12.6. The number of carbonyl (C=O) groups is 2. The molecule has 1 spiro atoms. The quantitative estimate of drug-likeness (QED) is 0.828. The van der Waals surface area contributed by atoms with Gasteiger partial charge in [-0.15, -0.1) is 0 Å². The van der Waals surface area contributed by atoms with Crippen molar-refractivity contribution in [1.29, 1.82) is 0 Å². The van der Waals surface area contributed by atoms with Crippen LogP contribution >= 0.6 is 0 Å². The Labute approximate surface area is 132 Å². The lowest BCUT2D eigenvalue weighted by Gasteiger charge is -2.36. The third-order valence-corrected chi connectivity index (χ3v) is 5.03. The fraction of sp³-hybridized carbons (Fsp3) is 0.875. The molecule has 6 nitrogen and oxygen atoms in total. The number of piperidine rings is 1. The molecule has 2 amide bonds. The highest BCUT2D eigenvalue weighted by atomic mass is 16.6. The molecular formula is C16H28N2O4. The van der Waals surface area contributed by atoms with Gasteiger partial charge in [-0.3, -0.25) is 4.79 Å². The van der Waals surface area contributed by atoms with Gasteiger partial charge in [-0.05, 0) is 45.4 Å². The molecule has 1 aliphatic heterocycles. The second-order valence-corrected chi connectivity index (χ2v) is 7.77. The van der Waals surface area contributed by atoms with E-state index in [4.69, 9.17) is 4.74 Å². The fourth-order valence-corrected chi connectivity index (χ4v) is 3.58. The van der Waals surface area contributed by atoms with Crippen molar-refractivity contribution < 1.29 is 19.4 Å². The van der Waals surface area contributed by atoms with Gasteiger partial charge in [0, 0.05) is 32.0 Å². The van der Waals surface area contributed by atoms with Gasteiger partial charge in [0.15, 0.2) is 0 Å². The van der Waals surface area contributed by atoms with E-state index in [-0.39, 0.29) is 29.4 Å². The van der Waals surface area contributed by atoms with Crippen molar-refractivity contribution in [2.45, 2.75) is 52.6 Å². The van der Waals surface area contributed by atoms with Crippen molar-refractivity contribution in [3.63, 3.8) is 0 Å². The van der Waals surface area contributed by atoms with Crippen molar-refractivity contribution in [1.82, 2.24) is 10.2 Å². The molecule has 0 aromatic heterocycles. The van der Waals surface area contributed by atoms with Crippen LogP contribution in [0.2, 0.25) is 0 Å². The molecule has 126 valence electrons. The fourth-order valence-electron chi connectivity index (χ4n) is 3.58. The number of rotatable bonds is 3. The lowest BCUT2D eigenvalue weighted by molar-refractivity contribution is -0.119. The third-order valence-electron chi connectivity index (χ3n) is 5.03. The minimum atomic E-state index is -0.480. The van der Waals surface area contributed by atoms with E-state index in [1.54, 1.807) is 4.90 Å². The van der Waals surface area contributed by atoms with Crippen molar-refractivity contribution in [2.24, 2.45) is 10.8 Å². The number of amides is 2. The van der Waals surface area contributed by atoms with Gasteiger partial charge in [0.25, 0.3) is 0 Å². The van der Waals surface area contributed by atoms with Crippen LogP contribution in [0.1, 0.15) is 47.0 Å². The molecule has 1 heterocycles. The van der Waals surface area contributed by atoms with E-state index >= 15 is 0 Å². The maximum Gasteiger partial charge on any atom is 0.410 e. The normalized spacial score (nSPS) is 26.7. The summed E-state index contributed by atoms with van der Waals surface area (Å²) in [6.45, 7) is 8.98. The summed E-state index contributed by atoms with van der Waals surface area (Å²) in [5.74, 6) is -0.0685. The lowest BCUT2D eigenvalue weighted by atomic mass is 9.84. The van der Waals surface area contributed by atoms with Crippen LogP contribution in [-0.2, 0) is 9.53 Å². The molecule has 1 aliphatic carbocycles. The zero-order valence-electron chi connectivity index (χ0n) is 14.1. The first-order valence-electron chi connectivity index (χ1n) is 7.96. The van der Waals surface area contributed by atoms with Crippen molar-refractivity contribution in [3.05, 3.63) is 0 Å². The highest BCUT2D eigenvalue weighted by molar-refractivity contribution is 5.73. The molecule has 22 heavy (non-hydrogen) atoms. The van der Waals surface area contributed by atoms with Crippen LogP contribution in [0.4, 0.5) is 4.79 Å². The van der Waals surface area contributed by atoms with Crippen LogP contribution in [0.5, 0.6) is 0 Å².